The lowest BCUT2D eigenvalue weighted by atomic mass is 10.0. The second-order valence-electron chi connectivity index (χ2n) is 8.24. The molecule has 1 saturated heterocycles. The summed E-state index contributed by atoms with van der Waals surface area (Å²) in [6.45, 7) is 8.39. The Bertz CT molecular complexity index is 1080. The summed E-state index contributed by atoms with van der Waals surface area (Å²) in [5, 5.41) is 0.570. The minimum atomic E-state index is -0.0853. The Morgan fingerprint density at radius 2 is 2.00 bits per heavy atom. The molecule has 3 aromatic rings. The summed E-state index contributed by atoms with van der Waals surface area (Å²) in [6, 6.07) is 13.1. The standard InChI is InChI=1S/C24H29N3O2S/c1-17-5-3-12-26(16-17)13-4-14-29-20-8-6-19(7-9-20)27-18(2)25-23-11-10-21(30)15-22(23)24(27)28/h6-11,15,17,30H,3-5,12-14,16H2,1-2H3/t17-/m0/s1. The van der Waals surface area contributed by atoms with E-state index >= 15 is 0 Å². The van der Waals surface area contributed by atoms with E-state index in [1.165, 1.54) is 25.9 Å². The number of rotatable bonds is 6. The minimum Gasteiger partial charge on any atom is -0.494 e. The highest BCUT2D eigenvalue weighted by molar-refractivity contribution is 7.80. The Kier molecular flexibility index (Phi) is 6.44. The average molecular weight is 424 g/mol. The molecule has 4 rings (SSSR count). The van der Waals surface area contributed by atoms with Gasteiger partial charge in [0.05, 0.1) is 23.2 Å². The van der Waals surface area contributed by atoms with Crippen molar-refractivity contribution in [3.8, 4) is 11.4 Å². The van der Waals surface area contributed by atoms with Crippen molar-refractivity contribution < 1.29 is 4.74 Å². The van der Waals surface area contributed by atoms with Crippen molar-refractivity contribution in [1.29, 1.82) is 0 Å². The van der Waals surface area contributed by atoms with Crippen molar-refractivity contribution in [2.75, 3.05) is 26.2 Å². The van der Waals surface area contributed by atoms with Gasteiger partial charge in [-0.25, -0.2) is 4.98 Å². The summed E-state index contributed by atoms with van der Waals surface area (Å²) in [4.78, 5) is 20.9. The fourth-order valence-electron chi connectivity index (χ4n) is 4.25. The maximum absolute atomic E-state index is 13.0. The van der Waals surface area contributed by atoms with E-state index < -0.39 is 0 Å². The Hall–Kier alpha value is -2.31. The molecule has 0 aliphatic carbocycles. The van der Waals surface area contributed by atoms with Crippen LogP contribution in [0, 0.1) is 12.8 Å². The van der Waals surface area contributed by atoms with Gasteiger partial charge in [0.1, 0.15) is 11.6 Å². The van der Waals surface area contributed by atoms with Crippen LogP contribution in [0.1, 0.15) is 32.0 Å². The molecule has 0 unspecified atom stereocenters. The average Bonchev–Trinajstić information content (AvgIpc) is 2.73. The minimum absolute atomic E-state index is 0.0853. The second kappa shape index (κ2) is 9.23. The number of thiol groups is 1. The molecule has 5 nitrogen and oxygen atoms in total. The first kappa shape index (κ1) is 20.9. The third-order valence-electron chi connectivity index (χ3n) is 5.74. The van der Waals surface area contributed by atoms with Crippen molar-refractivity contribution in [1.82, 2.24) is 14.5 Å². The van der Waals surface area contributed by atoms with Gasteiger partial charge in [0, 0.05) is 18.0 Å². The number of aryl methyl sites for hydroxylation is 1. The van der Waals surface area contributed by atoms with E-state index in [0.29, 0.717) is 23.3 Å². The molecule has 0 saturated carbocycles. The molecule has 2 aromatic carbocycles. The van der Waals surface area contributed by atoms with Crippen molar-refractivity contribution in [2.45, 2.75) is 38.0 Å². The van der Waals surface area contributed by atoms with Crippen LogP contribution in [0.3, 0.4) is 0 Å². The number of hydrogen-bond acceptors (Lipinski definition) is 5. The number of fused-ring (bicyclic) bond motifs is 1. The van der Waals surface area contributed by atoms with E-state index in [4.69, 9.17) is 4.74 Å². The van der Waals surface area contributed by atoms with Gasteiger partial charge in [0.25, 0.3) is 5.56 Å². The zero-order valence-electron chi connectivity index (χ0n) is 17.7. The largest absolute Gasteiger partial charge is 0.494 e. The maximum atomic E-state index is 13.0. The van der Waals surface area contributed by atoms with E-state index in [9.17, 15) is 4.79 Å². The molecule has 30 heavy (non-hydrogen) atoms. The maximum Gasteiger partial charge on any atom is 0.265 e. The Balaban J connectivity index is 1.42. The molecule has 0 amide bonds. The molecule has 0 N–H and O–H groups in total. The second-order valence-corrected chi connectivity index (χ2v) is 8.76. The summed E-state index contributed by atoms with van der Waals surface area (Å²) in [5.74, 6) is 2.29. The van der Waals surface area contributed by atoms with E-state index in [-0.39, 0.29) is 5.56 Å². The number of hydrogen-bond donors (Lipinski definition) is 1. The number of piperidine rings is 1. The Morgan fingerprint density at radius 1 is 1.20 bits per heavy atom. The molecule has 6 heteroatoms. The summed E-state index contributed by atoms with van der Waals surface area (Å²) >= 11 is 4.35. The van der Waals surface area contributed by atoms with Gasteiger partial charge < -0.3 is 9.64 Å². The highest BCUT2D eigenvalue weighted by atomic mass is 32.1. The topological polar surface area (TPSA) is 47.4 Å². The fourth-order valence-corrected chi connectivity index (χ4v) is 4.45. The lowest BCUT2D eigenvalue weighted by molar-refractivity contribution is 0.170. The van der Waals surface area contributed by atoms with Crippen LogP contribution in [0.4, 0.5) is 0 Å². The number of ether oxygens (including phenoxy) is 1. The van der Waals surface area contributed by atoms with Crippen LogP contribution >= 0.6 is 12.6 Å². The first-order chi connectivity index (χ1) is 14.5. The smallest absolute Gasteiger partial charge is 0.265 e. The van der Waals surface area contributed by atoms with Crippen molar-refractivity contribution in [3.05, 3.63) is 58.6 Å². The van der Waals surface area contributed by atoms with Crippen molar-refractivity contribution in [2.24, 2.45) is 5.92 Å². The SMILES string of the molecule is Cc1nc2ccc(S)cc2c(=O)n1-c1ccc(OCCCN2CCC[C@H](C)C2)cc1. The zero-order valence-corrected chi connectivity index (χ0v) is 18.6. The molecule has 2 heterocycles. The van der Waals surface area contributed by atoms with Crippen LogP contribution in [-0.4, -0.2) is 40.7 Å². The van der Waals surface area contributed by atoms with Crippen molar-refractivity contribution >= 4 is 23.5 Å². The van der Waals surface area contributed by atoms with Gasteiger partial charge in [-0.15, -0.1) is 12.6 Å². The van der Waals surface area contributed by atoms with Gasteiger partial charge in [-0.3, -0.25) is 9.36 Å². The first-order valence-electron chi connectivity index (χ1n) is 10.7. The predicted octanol–water partition coefficient (Wildman–Crippen LogP) is 4.48. The summed E-state index contributed by atoms with van der Waals surface area (Å²) in [7, 11) is 0. The fraction of sp³-hybridized carbons (Fsp3) is 0.417. The highest BCUT2D eigenvalue weighted by Crippen LogP contribution is 2.19. The van der Waals surface area contributed by atoms with E-state index in [0.717, 1.165) is 35.2 Å². The summed E-state index contributed by atoms with van der Waals surface area (Å²) < 4.78 is 7.56. The van der Waals surface area contributed by atoms with Gasteiger partial charge in [0.2, 0.25) is 0 Å². The molecule has 0 radical (unpaired) electrons. The van der Waals surface area contributed by atoms with Crippen LogP contribution in [0.5, 0.6) is 5.75 Å². The van der Waals surface area contributed by atoms with Crippen LogP contribution < -0.4 is 10.3 Å². The molecular formula is C24H29N3O2S. The lowest BCUT2D eigenvalue weighted by Gasteiger charge is -2.30. The number of aromatic nitrogens is 2. The first-order valence-corrected chi connectivity index (χ1v) is 11.1. The molecule has 0 bridgehead atoms. The van der Waals surface area contributed by atoms with Gasteiger partial charge in [-0.1, -0.05) is 6.92 Å². The monoisotopic (exact) mass is 423 g/mol. The van der Waals surface area contributed by atoms with E-state index in [1.54, 1.807) is 10.6 Å². The molecule has 1 atom stereocenters. The number of benzene rings is 2. The van der Waals surface area contributed by atoms with Crippen LogP contribution in [0.25, 0.3) is 16.6 Å². The van der Waals surface area contributed by atoms with Crippen LogP contribution in [0.15, 0.2) is 52.2 Å². The Morgan fingerprint density at radius 3 is 2.77 bits per heavy atom. The highest BCUT2D eigenvalue weighted by Gasteiger charge is 2.15. The van der Waals surface area contributed by atoms with Gasteiger partial charge >= 0.3 is 0 Å². The molecule has 1 aliphatic heterocycles. The van der Waals surface area contributed by atoms with Gasteiger partial charge in [0.15, 0.2) is 0 Å². The van der Waals surface area contributed by atoms with Crippen LogP contribution in [0.2, 0.25) is 0 Å². The zero-order chi connectivity index (χ0) is 21.1. The lowest BCUT2D eigenvalue weighted by Crippen LogP contribution is -2.35. The van der Waals surface area contributed by atoms with E-state index in [2.05, 4.69) is 29.4 Å². The predicted molar refractivity (Wildman–Crippen MR) is 124 cm³/mol. The van der Waals surface area contributed by atoms with Gasteiger partial charge in [-0.2, -0.15) is 0 Å². The molecule has 1 aliphatic rings. The molecular weight excluding hydrogens is 394 g/mol. The third kappa shape index (κ3) is 4.71. The van der Waals surface area contributed by atoms with Crippen molar-refractivity contribution in [3.63, 3.8) is 0 Å². The van der Waals surface area contributed by atoms with Gasteiger partial charge in [-0.05, 0) is 81.1 Å². The normalized spacial score (nSPS) is 17.4. The van der Waals surface area contributed by atoms with E-state index in [1.807, 2.05) is 43.3 Å². The molecule has 1 fully saturated rings. The third-order valence-corrected chi connectivity index (χ3v) is 6.02. The molecule has 158 valence electrons. The number of nitrogens with zero attached hydrogens (tertiary/aromatic N) is 3. The molecule has 0 spiro atoms. The molecule has 1 aromatic heterocycles. The number of likely N-dealkylation sites (tertiary alicyclic amines) is 1. The summed E-state index contributed by atoms with van der Waals surface area (Å²) in [5.41, 5.74) is 1.39. The quantitative estimate of drug-likeness (QED) is 0.469. The summed E-state index contributed by atoms with van der Waals surface area (Å²) in [6.07, 6.45) is 3.68. The van der Waals surface area contributed by atoms with Crippen LogP contribution in [-0.2, 0) is 0 Å². The Labute approximate surface area is 183 Å².